The van der Waals surface area contributed by atoms with Gasteiger partial charge >= 0.3 is 0 Å². The Morgan fingerprint density at radius 2 is 2.22 bits per heavy atom. The molecular formula is C14H14N2OS. The van der Waals surface area contributed by atoms with Crippen molar-refractivity contribution < 1.29 is 4.79 Å². The van der Waals surface area contributed by atoms with Crippen LogP contribution in [0.3, 0.4) is 0 Å². The standard InChI is InChI=1S/C14H14N2OS/c17-14-6-3-7-16(9-11-8-15-10-18-11)13-5-2-1-4-12(13)14/h1-2,4-5,8,10H,3,6-7,9H2. The summed E-state index contributed by atoms with van der Waals surface area (Å²) in [5.41, 5.74) is 3.78. The highest BCUT2D eigenvalue weighted by Crippen LogP contribution is 2.27. The van der Waals surface area contributed by atoms with Crippen molar-refractivity contribution in [1.82, 2.24) is 4.98 Å². The number of fused-ring (bicyclic) bond motifs is 1. The maximum atomic E-state index is 12.0. The monoisotopic (exact) mass is 258 g/mol. The quantitative estimate of drug-likeness (QED) is 0.829. The van der Waals surface area contributed by atoms with Crippen molar-refractivity contribution in [2.45, 2.75) is 19.4 Å². The first-order valence-corrected chi connectivity index (χ1v) is 6.97. The van der Waals surface area contributed by atoms with Crippen LogP contribution < -0.4 is 4.90 Å². The van der Waals surface area contributed by atoms with Crippen LogP contribution in [-0.2, 0) is 6.54 Å². The number of rotatable bonds is 2. The van der Waals surface area contributed by atoms with Crippen LogP contribution in [-0.4, -0.2) is 17.3 Å². The van der Waals surface area contributed by atoms with Crippen molar-refractivity contribution in [3.63, 3.8) is 0 Å². The van der Waals surface area contributed by atoms with Crippen LogP contribution in [0.5, 0.6) is 0 Å². The molecule has 92 valence electrons. The molecule has 18 heavy (non-hydrogen) atoms. The number of carbonyl (C=O) groups excluding carboxylic acids is 1. The first-order chi connectivity index (χ1) is 8.84. The molecule has 0 radical (unpaired) electrons. The van der Waals surface area contributed by atoms with E-state index in [1.165, 1.54) is 4.88 Å². The summed E-state index contributed by atoms with van der Waals surface area (Å²) in [6, 6.07) is 7.91. The minimum atomic E-state index is 0.261. The average Bonchev–Trinajstić information content (AvgIpc) is 2.85. The number of aromatic nitrogens is 1. The van der Waals surface area contributed by atoms with Crippen molar-refractivity contribution in [2.24, 2.45) is 0 Å². The van der Waals surface area contributed by atoms with Gasteiger partial charge in [-0.1, -0.05) is 12.1 Å². The molecule has 2 aromatic rings. The fraction of sp³-hybridized carbons (Fsp3) is 0.286. The molecule has 0 bridgehead atoms. The van der Waals surface area contributed by atoms with Crippen LogP contribution in [0, 0.1) is 0 Å². The number of ketones is 1. The number of benzene rings is 1. The molecule has 1 aromatic heterocycles. The van der Waals surface area contributed by atoms with Crippen LogP contribution in [0.4, 0.5) is 5.69 Å². The van der Waals surface area contributed by atoms with E-state index in [2.05, 4.69) is 9.88 Å². The molecule has 0 spiro atoms. The van der Waals surface area contributed by atoms with Crippen molar-refractivity contribution >= 4 is 22.8 Å². The molecule has 3 rings (SSSR count). The molecule has 0 amide bonds. The lowest BCUT2D eigenvalue weighted by molar-refractivity contribution is 0.0984. The van der Waals surface area contributed by atoms with Gasteiger partial charge in [0.25, 0.3) is 0 Å². The van der Waals surface area contributed by atoms with Gasteiger partial charge in [0, 0.05) is 35.3 Å². The van der Waals surface area contributed by atoms with Gasteiger partial charge in [-0.05, 0) is 18.6 Å². The van der Waals surface area contributed by atoms with Gasteiger partial charge in [0.2, 0.25) is 0 Å². The number of para-hydroxylation sites is 1. The summed E-state index contributed by atoms with van der Waals surface area (Å²) in [5.74, 6) is 0.261. The summed E-state index contributed by atoms with van der Waals surface area (Å²) < 4.78 is 0. The number of anilines is 1. The Morgan fingerprint density at radius 3 is 3.06 bits per heavy atom. The van der Waals surface area contributed by atoms with Crippen LogP contribution in [0.2, 0.25) is 0 Å². The number of hydrogen-bond donors (Lipinski definition) is 0. The van der Waals surface area contributed by atoms with E-state index in [0.717, 1.165) is 30.8 Å². The second-order valence-corrected chi connectivity index (χ2v) is 5.40. The number of thiazole rings is 1. The van der Waals surface area contributed by atoms with E-state index < -0.39 is 0 Å². The highest BCUT2D eigenvalue weighted by Gasteiger charge is 2.20. The van der Waals surface area contributed by atoms with Crippen molar-refractivity contribution in [1.29, 1.82) is 0 Å². The van der Waals surface area contributed by atoms with E-state index in [0.29, 0.717) is 6.42 Å². The molecule has 0 saturated carbocycles. The molecule has 4 heteroatoms. The van der Waals surface area contributed by atoms with Crippen LogP contribution in [0.25, 0.3) is 0 Å². The maximum absolute atomic E-state index is 12.0. The van der Waals surface area contributed by atoms with Crippen LogP contribution in [0.1, 0.15) is 28.1 Å². The van der Waals surface area contributed by atoms with E-state index in [1.54, 1.807) is 11.3 Å². The van der Waals surface area contributed by atoms with Crippen molar-refractivity contribution in [2.75, 3.05) is 11.4 Å². The molecule has 1 aliphatic heterocycles. The zero-order valence-electron chi connectivity index (χ0n) is 10.0. The van der Waals surface area contributed by atoms with E-state index in [-0.39, 0.29) is 5.78 Å². The minimum Gasteiger partial charge on any atom is -0.366 e. The SMILES string of the molecule is O=C1CCCN(Cc2cncs2)c2ccccc21. The highest BCUT2D eigenvalue weighted by atomic mass is 32.1. The van der Waals surface area contributed by atoms with Crippen LogP contribution in [0.15, 0.2) is 36.0 Å². The predicted molar refractivity (Wildman–Crippen MR) is 73.2 cm³/mol. The first kappa shape index (κ1) is 11.4. The van der Waals surface area contributed by atoms with Crippen molar-refractivity contribution in [3.05, 3.63) is 46.4 Å². The Balaban J connectivity index is 1.95. The Bertz CT molecular complexity index is 551. The third-order valence-electron chi connectivity index (χ3n) is 3.21. The molecule has 1 aromatic carbocycles. The summed E-state index contributed by atoms with van der Waals surface area (Å²) in [6.07, 6.45) is 3.47. The summed E-state index contributed by atoms with van der Waals surface area (Å²) in [7, 11) is 0. The molecule has 0 atom stereocenters. The maximum Gasteiger partial charge on any atom is 0.165 e. The molecule has 0 aliphatic carbocycles. The van der Waals surface area contributed by atoms with Gasteiger partial charge in [-0.25, -0.2) is 0 Å². The smallest absolute Gasteiger partial charge is 0.165 e. The number of hydrogen-bond acceptors (Lipinski definition) is 4. The Kier molecular flexibility index (Phi) is 3.11. The first-order valence-electron chi connectivity index (χ1n) is 6.09. The second-order valence-electron chi connectivity index (χ2n) is 4.43. The molecule has 0 fully saturated rings. The fourth-order valence-corrected chi connectivity index (χ4v) is 2.95. The zero-order chi connectivity index (χ0) is 12.4. The number of carbonyl (C=O) groups is 1. The third-order valence-corrected chi connectivity index (χ3v) is 3.97. The lowest BCUT2D eigenvalue weighted by Crippen LogP contribution is -2.23. The fourth-order valence-electron chi connectivity index (χ4n) is 2.34. The van der Waals surface area contributed by atoms with E-state index in [4.69, 9.17) is 0 Å². The van der Waals surface area contributed by atoms with E-state index in [9.17, 15) is 4.79 Å². The Hall–Kier alpha value is -1.68. The summed E-state index contributed by atoms with van der Waals surface area (Å²) in [5, 5.41) is 0. The number of nitrogens with zero attached hydrogens (tertiary/aromatic N) is 2. The molecule has 2 heterocycles. The van der Waals surface area contributed by atoms with Gasteiger partial charge in [-0.15, -0.1) is 11.3 Å². The van der Waals surface area contributed by atoms with Crippen molar-refractivity contribution in [3.8, 4) is 0 Å². The zero-order valence-corrected chi connectivity index (χ0v) is 10.8. The van der Waals surface area contributed by atoms with Gasteiger partial charge < -0.3 is 4.90 Å². The van der Waals surface area contributed by atoms with Gasteiger partial charge in [-0.2, -0.15) is 0 Å². The Labute approximate surface area is 110 Å². The molecule has 0 N–H and O–H groups in total. The van der Waals surface area contributed by atoms with Gasteiger partial charge in [-0.3, -0.25) is 9.78 Å². The number of Topliss-reactive ketones (excluding diaryl/α,β-unsaturated/α-hetero) is 1. The van der Waals surface area contributed by atoms with Gasteiger partial charge in [0.15, 0.2) is 5.78 Å². The predicted octanol–water partition coefficient (Wildman–Crippen LogP) is 3.13. The lowest BCUT2D eigenvalue weighted by Gasteiger charge is -2.23. The molecular weight excluding hydrogens is 244 g/mol. The summed E-state index contributed by atoms with van der Waals surface area (Å²) >= 11 is 1.66. The summed E-state index contributed by atoms with van der Waals surface area (Å²) in [6.45, 7) is 1.77. The van der Waals surface area contributed by atoms with Gasteiger partial charge in [0.05, 0.1) is 12.1 Å². The molecule has 0 unspecified atom stereocenters. The molecule has 3 nitrogen and oxygen atoms in total. The second kappa shape index (κ2) is 4.90. The minimum absolute atomic E-state index is 0.261. The normalized spacial score (nSPS) is 15.3. The summed E-state index contributed by atoms with van der Waals surface area (Å²) in [4.78, 5) is 19.6. The Morgan fingerprint density at radius 1 is 1.33 bits per heavy atom. The average molecular weight is 258 g/mol. The van der Waals surface area contributed by atoms with E-state index in [1.807, 2.05) is 36.0 Å². The lowest BCUT2D eigenvalue weighted by atomic mass is 10.1. The molecule has 0 saturated heterocycles. The molecule has 1 aliphatic rings. The van der Waals surface area contributed by atoms with Gasteiger partial charge in [0.1, 0.15) is 0 Å². The van der Waals surface area contributed by atoms with E-state index >= 15 is 0 Å². The largest absolute Gasteiger partial charge is 0.366 e. The highest BCUT2D eigenvalue weighted by molar-refractivity contribution is 7.09. The van der Waals surface area contributed by atoms with Crippen LogP contribution >= 0.6 is 11.3 Å². The third kappa shape index (κ3) is 2.16. The topological polar surface area (TPSA) is 33.2 Å².